The van der Waals surface area contributed by atoms with E-state index in [0.29, 0.717) is 5.82 Å². The summed E-state index contributed by atoms with van der Waals surface area (Å²) in [7, 11) is 0. The smallest absolute Gasteiger partial charge is 0.160 e. The first-order chi connectivity index (χ1) is 28.7. The topological polar surface area (TPSA) is 77.3 Å². The van der Waals surface area contributed by atoms with E-state index in [1.54, 1.807) is 0 Å². The van der Waals surface area contributed by atoms with Crippen LogP contribution in [0.4, 0.5) is 0 Å². The van der Waals surface area contributed by atoms with E-state index in [9.17, 15) is 0 Å². The molecule has 0 aliphatic rings. The lowest BCUT2D eigenvalue weighted by Gasteiger charge is -2.11. The summed E-state index contributed by atoms with van der Waals surface area (Å²) in [5, 5.41) is 4.24. The van der Waals surface area contributed by atoms with Gasteiger partial charge in [0.25, 0.3) is 0 Å². The highest BCUT2D eigenvalue weighted by Gasteiger charge is 2.14. The molecule has 0 N–H and O–H groups in total. The summed E-state index contributed by atoms with van der Waals surface area (Å²) in [6.45, 7) is 0. The molecule has 6 nitrogen and oxygen atoms in total. The third-order valence-corrected chi connectivity index (χ3v) is 10.8. The molecule has 0 aliphatic heterocycles. The van der Waals surface area contributed by atoms with Gasteiger partial charge in [0.1, 0.15) is 0 Å². The van der Waals surface area contributed by atoms with Crippen molar-refractivity contribution in [2.24, 2.45) is 0 Å². The lowest BCUT2D eigenvalue weighted by Crippen LogP contribution is -1.96. The van der Waals surface area contributed by atoms with E-state index in [-0.39, 0.29) is 0 Å². The molecule has 0 spiro atoms. The van der Waals surface area contributed by atoms with Crippen LogP contribution in [0.15, 0.2) is 194 Å². The first-order valence-electron chi connectivity index (χ1n) is 19.3. The molecule has 58 heavy (non-hydrogen) atoms. The van der Waals surface area contributed by atoms with Crippen molar-refractivity contribution in [2.75, 3.05) is 0 Å². The fourth-order valence-corrected chi connectivity index (χ4v) is 7.77. The second-order valence-electron chi connectivity index (χ2n) is 14.4. The third-order valence-electron chi connectivity index (χ3n) is 10.8. The fourth-order valence-electron chi connectivity index (χ4n) is 7.77. The first kappa shape index (κ1) is 33.4. The van der Waals surface area contributed by atoms with Gasteiger partial charge in [-0.05, 0) is 59.7 Å². The van der Waals surface area contributed by atoms with Gasteiger partial charge in [-0.1, -0.05) is 133 Å². The number of benzene rings is 6. The van der Waals surface area contributed by atoms with Crippen molar-refractivity contribution in [1.82, 2.24) is 29.9 Å². The van der Waals surface area contributed by atoms with Gasteiger partial charge in [-0.2, -0.15) is 0 Å². The van der Waals surface area contributed by atoms with Crippen LogP contribution in [0.2, 0.25) is 0 Å². The van der Waals surface area contributed by atoms with Gasteiger partial charge in [0.15, 0.2) is 5.82 Å². The fraction of sp³-hybridized carbons (Fsp3) is 0. The Labute approximate surface area is 334 Å². The molecule has 0 atom stereocenters. The van der Waals surface area contributed by atoms with Gasteiger partial charge < -0.3 is 0 Å². The van der Waals surface area contributed by atoms with E-state index in [2.05, 4.69) is 126 Å². The molecule has 0 amide bonds. The van der Waals surface area contributed by atoms with Crippen LogP contribution in [0, 0.1) is 0 Å². The number of nitrogens with zero attached hydrogens (tertiary/aromatic N) is 6. The van der Waals surface area contributed by atoms with Gasteiger partial charge in [0.05, 0.1) is 44.8 Å². The van der Waals surface area contributed by atoms with Gasteiger partial charge in [0.2, 0.25) is 0 Å². The van der Waals surface area contributed by atoms with Crippen LogP contribution >= 0.6 is 0 Å². The van der Waals surface area contributed by atoms with E-state index in [0.717, 1.165) is 105 Å². The highest BCUT2D eigenvalue weighted by Crippen LogP contribution is 2.35. The standard InChI is InChI=1S/C52H32N6/c1-3-9-33(10-4-1)48-32-49(58-52(57-48)38-11-5-2-6-12-38)35-17-15-34(16-18-35)44-25-23-36-19-21-39(30-46(36)55-44)40-22-20-37-24-26-45(56-47(37)31-40)43-29-41-13-7-27-53-50(41)51-42(43)14-8-28-54-51/h1-32H. The van der Waals surface area contributed by atoms with E-state index in [1.807, 2.05) is 73.1 Å². The normalized spacial score (nSPS) is 11.4. The lowest BCUT2D eigenvalue weighted by molar-refractivity contribution is 1.18. The second-order valence-corrected chi connectivity index (χ2v) is 14.4. The molecule has 11 rings (SSSR count). The molecule has 270 valence electrons. The average molecular weight is 741 g/mol. The van der Waals surface area contributed by atoms with Gasteiger partial charge in [-0.25, -0.2) is 19.9 Å². The van der Waals surface area contributed by atoms with Crippen molar-refractivity contribution in [3.63, 3.8) is 0 Å². The lowest BCUT2D eigenvalue weighted by atomic mass is 9.99. The Kier molecular flexibility index (Phi) is 8.04. The van der Waals surface area contributed by atoms with Crippen LogP contribution in [-0.2, 0) is 0 Å². The van der Waals surface area contributed by atoms with Crippen molar-refractivity contribution in [1.29, 1.82) is 0 Å². The number of fused-ring (bicyclic) bond motifs is 5. The minimum absolute atomic E-state index is 0.699. The predicted octanol–water partition coefficient (Wildman–Crippen LogP) is 12.7. The van der Waals surface area contributed by atoms with Crippen LogP contribution in [-0.4, -0.2) is 29.9 Å². The quantitative estimate of drug-likeness (QED) is 0.158. The molecule has 0 aliphatic carbocycles. The van der Waals surface area contributed by atoms with Crippen molar-refractivity contribution in [2.45, 2.75) is 0 Å². The Balaban J connectivity index is 0.924. The number of hydrogen-bond acceptors (Lipinski definition) is 6. The first-order valence-corrected chi connectivity index (χ1v) is 19.3. The molecule has 0 fully saturated rings. The van der Waals surface area contributed by atoms with Crippen LogP contribution in [0.3, 0.4) is 0 Å². The molecule has 6 aromatic carbocycles. The molecule has 0 saturated carbocycles. The minimum atomic E-state index is 0.699. The van der Waals surface area contributed by atoms with Crippen molar-refractivity contribution in [3.05, 3.63) is 194 Å². The Hall–Kier alpha value is -7.96. The molecular weight excluding hydrogens is 709 g/mol. The molecule has 5 aromatic heterocycles. The zero-order chi connectivity index (χ0) is 38.4. The third kappa shape index (κ3) is 6.10. The Morgan fingerprint density at radius 2 is 0.810 bits per heavy atom. The average Bonchev–Trinajstić information content (AvgIpc) is 3.31. The summed E-state index contributed by atoms with van der Waals surface area (Å²) in [4.78, 5) is 29.6. The van der Waals surface area contributed by atoms with Gasteiger partial charge in [-0.3, -0.25) is 9.97 Å². The summed E-state index contributed by atoms with van der Waals surface area (Å²) < 4.78 is 0. The highest BCUT2D eigenvalue weighted by molar-refractivity contribution is 6.10. The zero-order valence-corrected chi connectivity index (χ0v) is 31.2. The summed E-state index contributed by atoms with van der Waals surface area (Å²) in [5.74, 6) is 0.699. The van der Waals surface area contributed by atoms with E-state index in [4.69, 9.17) is 24.9 Å². The highest BCUT2D eigenvalue weighted by atomic mass is 14.9. The number of aromatic nitrogens is 6. The van der Waals surface area contributed by atoms with Crippen molar-refractivity contribution < 1.29 is 0 Å². The summed E-state index contributed by atoms with van der Waals surface area (Å²) in [6, 6.07) is 62.6. The minimum Gasteiger partial charge on any atom is -0.254 e. The maximum atomic E-state index is 5.20. The number of hydrogen-bond donors (Lipinski definition) is 0. The summed E-state index contributed by atoms with van der Waals surface area (Å²) >= 11 is 0. The maximum absolute atomic E-state index is 5.20. The predicted molar refractivity (Wildman–Crippen MR) is 236 cm³/mol. The molecule has 0 radical (unpaired) electrons. The van der Waals surface area contributed by atoms with Crippen LogP contribution in [0.5, 0.6) is 0 Å². The largest absolute Gasteiger partial charge is 0.254 e. The summed E-state index contributed by atoms with van der Waals surface area (Å²) in [5.41, 5.74) is 14.5. The van der Waals surface area contributed by atoms with E-state index in [1.165, 1.54) is 0 Å². The van der Waals surface area contributed by atoms with Gasteiger partial charge in [0, 0.05) is 61.8 Å². The summed E-state index contributed by atoms with van der Waals surface area (Å²) in [6.07, 6.45) is 3.64. The van der Waals surface area contributed by atoms with Crippen LogP contribution in [0.1, 0.15) is 0 Å². The van der Waals surface area contributed by atoms with Gasteiger partial charge in [-0.15, -0.1) is 0 Å². The maximum Gasteiger partial charge on any atom is 0.160 e. The SMILES string of the molecule is c1ccc(-c2cc(-c3ccc(-c4ccc5ccc(-c6ccc7ccc(-c8cc9cccnc9c9ncccc89)nc7c6)cc5n4)cc3)nc(-c3ccccc3)n2)cc1. The number of pyridine rings is 4. The van der Waals surface area contributed by atoms with Crippen molar-refractivity contribution in [3.8, 4) is 67.5 Å². The van der Waals surface area contributed by atoms with Crippen LogP contribution in [0.25, 0.3) is 111 Å². The molecular formula is C52H32N6. The molecule has 6 heteroatoms. The van der Waals surface area contributed by atoms with E-state index < -0.39 is 0 Å². The molecule has 5 heterocycles. The Bertz CT molecular complexity index is 3270. The monoisotopic (exact) mass is 740 g/mol. The zero-order valence-electron chi connectivity index (χ0n) is 31.2. The second kappa shape index (κ2) is 14.0. The van der Waals surface area contributed by atoms with E-state index >= 15 is 0 Å². The molecule has 0 bridgehead atoms. The Morgan fingerprint density at radius 1 is 0.293 bits per heavy atom. The van der Waals surface area contributed by atoms with Gasteiger partial charge >= 0.3 is 0 Å². The van der Waals surface area contributed by atoms with Crippen LogP contribution < -0.4 is 0 Å². The molecule has 0 unspecified atom stereocenters. The molecule has 11 aromatic rings. The molecule has 0 saturated heterocycles. The van der Waals surface area contributed by atoms with Crippen molar-refractivity contribution >= 4 is 43.6 Å². The Morgan fingerprint density at radius 3 is 1.48 bits per heavy atom. The number of rotatable bonds is 6.